The molecule has 0 saturated carbocycles. The Balaban J connectivity index is 2.47. The van der Waals surface area contributed by atoms with Crippen molar-refractivity contribution in [3.63, 3.8) is 0 Å². The molecule has 21 heavy (non-hydrogen) atoms. The van der Waals surface area contributed by atoms with Crippen molar-refractivity contribution in [3.8, 4) is 0 Å². The first-order valence-corrected chi connectivity index (χ1v) is 7.20. The summed E-state index contributed by atoms with van der Waals surface area (Å²) in [6, 6.07) is 9.78. The average molecular weight is 304 g/mol. The number of amides is 1. The number of nitrogens with two attached hydrogens (primary N) is 1. The van der Waals surface area contributed by atoms with E-state index in [9.17, 15) is 9.18 Å². The smallest absolute Gasteiger partial charge is 0.254 e. The lowest BCUT2D eigenvalue weighted by Crippen LogP contribution is -2.38. The van der Waals surface area contributed by atoms with Gasteiger partial charge in [-0.05, 0) is 23.9 Å². The van der Waals surface area contributed by atoms with Crippen molar-refractivity contribution < 1.29 is 9.18 Å². The molecule has 2 aromatic carbocycles. The summed E-state index contributed by atoms with van der Waals surface area (Å²) in [5.41, 5.74) is 6.02. The molecule has 0 fully saturated rings. The Hall–Kier alpha value is -2.01. The van der Waals surface area contributed by atoms with Crippen LogP contribution < -0.4 is 5.73 Å². The molecule has 0 bridgehead atoms. The van der Waals surface area contributed by atoms with Crippen molar-refractivity contribution in [1.29, 1.82) is 0 Å². The molecule has 1 amide bonds. The van der Waals surface area contributed by atoms with Gasteiger partial charge < -0.3 is 10.6 Å². The number of fused-ring (bicyclic) bond motifs is 1. The highest BCUT2D eigenvalue weighted by Crippen LogP contribution is 2.23. The fraction of sp³-hybridized carbons (Fsp3) is 0.250. The minimum absolute atomic E-state index is 0.180. The molecule has 0 aliphatic rings. The van der Waals surface area contributed by atoms with Gasteiger partial charge in [0.2, 0.25) is 0 Å². The Morgan fingerprint density at radius 2 is 1.90 bits per heavy atom. The molecule has 2 N–H and O–H groups in total. The molecule has 0 spiro atoms. The SMILES string of the molecule is CCCN(CC(N)=S)C(=O)c1ccc(F)c2ccccc12. The summed E-state index contributed by atoms with van der Waals surface area (Å²) in [5, 5.41) is 1.04. The molecule has 0 atom stereocenters. The third-order valence-electron chi connectivity index (χ3n) is 3.23. The van der Waals surface area contributed by atoms with Crippen LogP contribution in [0.5, 0.6) is 0 Å². The first kappa shape index (κ1) is 15.4. The lowest BCUT2D eigenvalue weighted by Gasteiger charge is -2.22. The van der Waals surface area contributed by atoms with Crippen molar-refractivity contribution in [1.82, 2.24) is 4.90 Å². The van der Waals surface area contributed by atoms with Crippen LogP contribution in [0.2, 0.25) is 0 Å². The molecule has 2 aromatic rings. The van der Waals surface area contributed by atoms with E-state index < -0.39 is 0 Å². The topological polar surface area (TPSA) is 46.3 Å². The minimum atomic E-state index is -0.335. The Labute approximate surface area is 128 Å². The monoisotopic (exact) mass is 304 g/mol. The largest absolute Gasteiger partial charge is 0.392 e. The molecule has 0 unspecified atom stereocenters. The van der Waals surface area contributed by atoms with Crippen LogP contribution in [-0.4, -0.2) is 28.9 Å². The van der Waals surface area contributed by atoms with Crippen molar-refractivity contribution in [2.75, 3.05) is 13.1 Å². The van der Waals surface area contributed by atoms with Gasteiger partial charge in [-0.25, -0.2) is 4.39 Å². The lowest BCUT2D eigenvalue weighted by atomic mass is 10.0. The molecule has 0 radical (unpaired) electrons. The molecule has 0 saturated heterocycles. The van der Waals surface area contributed by atoms with Crippen LogP contribution in [0.1, 0.15) is 23.7 Å². The molecule has 0 heterocycles. The van der Waals surface area contributed by atoms with E-state index >= 15 is 0 Å². The van der Waals surface area contributed by atoms with E-state index in [1.165, 1.54) is 12.1 Å². The molecule has 5 heteroatoms. The number of hydrogen-bond donors (Lipinski definition) is 1. The van der Waals surface area contributed by atoms with E-state index in [-0.39, 0.29) is 23.3 Å². The van der Waals surface area contributed by atoms with Gasteiger partial charge in [-0.2, -0.15) is 0 Å². The lowest BCUT2D eigenvalue weighted by molar-refractivity contribution is 0.0782. The molecule has 2 rings (SSSR count). The van der Waals surface area contributed by atoms with Crippen LogP contribution in [0.3, 0.4) is 0 Å². The number of halogens is 1. The van der Waals surface area contributed by atoms with E-state index in [0.717, 1.165) is 6.42 Å². The molecular weight excluding hydrogens is 287 g/mol. The molecule has 0 aliphatic heterocycles. The van der Waals surface area contributed by atoms with Crippen LogP contribution in [-0.2, 0) is 0 Å². The highest BCUT2D eigenvalue weighted by molar-refractivity contribution is 7.80. The van der Waals surface area contributed by atoms with E-state index in [4.69, 9.17) is 18.0 Å². The number of nitrogens with zero attached hydrogens (tertiary/aromatic N) is 1. The fourth-order valence-electron chi connectivity index (χ4n) is 2.33. The zero-order valence-electron chi connectivity index (χ0n) is 11.8. The number of rotatable bonds is 5. The summed E-state index contributed by atoms with van der Waals surface area (Å²) in [4.78, 5) is 14.5. The predicted octanol–water partition coefficient (Wildman–Crippen LogP) is 3.12. The van der Waals surface area contributed by atoms with E-state index in [1.807, 2.05) is 6.92 Å². The molecule has 0 aromatic heterocycles. The fourth-order valence-corrected chi connectivity index (χ4v) is 2.49. The van der Waals surface area contributed by atoms with Gasteiger partial charge in [-0.1, -0.05) is 43.4 Å². The van der Waals surface area contributed by atoms with Crippen LogP contribution in [0.15, 0.2) is 36.4 Å². The van der Waals surface area contributed by atoms with Crippen molar-refractivity contribution in [3.05, 3.63) is 47.8 Å². The van der Waals surface area contributed by atoms with E-state index in [2.05, 4.69) is 0 Å². The molecule has 0 aliphatic carbocycles. The zero-order chi connectivity index (χ0) is 15.4. The van der Waals surface area contributed by atoms with Gasteiger partial charge in [0.25, 0.3) is 5.91 Å². The summed E-state index contributed by atoms with van der Waals surface area (Å²) < 4.78 is 13.8. The van der Waals surface area contributed by atoms with Crippen molar-refractivity contribution >= 4 is 33.9 Å². The van der Waals surface area contributed by atoms with Crippen LogP contribution in [0.4, 0.5) is 4.39 Å². The van der Waals surface area contributed by atoms with E-state index in [0.29, 0.717) is 22.9 Å². The first-order valence-electron chi connectivity index (χ1n) is 6.79. The number of thiocarbonyl (C=S) groups is 1. The Bertz CT molecular complexity index is 687. The van der Waals surface area contributed by atoms with Gasteiger partial charge in [0.15, 0.2) is 0 Å². The molecule has 110 valence electrons. The van der Waals surface area contributed by atoms with Crippen LogP contribution in [0.25, 0.3) is 10.8 Å². The number of benzene rings is 2. The van der Waals surface area contributed by atoms with Gasteiger partial charge in [0.1, 0.15) is 5.82 Å². The molecule has 3 nitrogen and oxygen atoms in total. The third kappa shape index (κ3) is 3.36. The maximum Gasteiger partial charge on any atom is 0.254 e. The molecular formula is C16H17FN2OS. The van der Waals surface area contributed by atoms with Gasteiger partial charge in [-0.3, -0.25) is 4.79 Å². The highest BCUT2D eigenvalue weighted by Gasteiger charge is 2.19. The first-order chi connectivity index (χ1) is 10.0. The van der Waals surface area contributed by atoms with Crippen LogP contribution >= 0.6 is 12.2 Å². The van der Waals surface area contributed by atoms with Crippen molar-refractivity contribution in [2.24, 2.45) is 5.73 Å². The van der Waals surface area contributed by atoms with Crippen LogP contribution in [0, 0.1) is 5.82 Å². The Morgan fingerprint density at radius 3 is 2.52 bits per heavy atom. The average Bonchev–Trinajstić information content (AvgIpc) is 2.46. The maximum absolute atomic E-state index is 13.8. The number of carbonyl (C=O) groups is 1. The second-order valence-electron chi connectivity index (χ2n) is 4.83. The number of carbonyl (C=O) groups excluding carboxylic acids is 1. The Kier molecular flexibility index (Phi) is 4.85. The summed E-state index contributed by atoms with van der Waals surface area (Å²) in [6.07, 6.45) is 0.799. The van der Waals surface area contributed by atoms with Gasteiger partial charge in [0.05, 0.1) is 11.5 Å². The van der Waals surface area contributed by atoms with Gasteiger partial charge >= 0.3 is 0 Å². The summed E-state index contributed by atoms with van der Waals surface area (Å²) in [6.45, 7) is 2.76. The van der Waals surface area contributed by atoms with E-state index in [1.54, 1.807) is 29.2 Å². The normalized spacial score (nSPS) is 10.6. The third-order valence-corrected chi connectivity index (χ3v) is 3.36. The summed E-state index contributed by atoms with van der Waals surface area (Å²) in [5.74, 6) is -0.514. The van der Waals surface area contributed by atoms with Gasteiger partial charge in [0, 0.05) is 17.5 Å². The van der Waals surface area contributed by atoms with Crippen molar-refractivity contribution in [2.45, 2.75) is 13.3 Å². The number of hydrogen-bond acceptors (Lipinski definition) is 2. The minimum Gasteiger partial charge on any atom is -0.392 e. The quantitative estimate of drug-likeness (QED) is 0.863. The summed E-state index contributed by atoms with van der Waals surface area (Å²) >= 11 is 4.90. The second kappa shape index (κ2) is 6.63. The standard InChI is InChI=1S/C16H17FN2OS/c1-2-9-19(10-15(18)21)16(20)13-7-8-14(17)12-6-4-3-5-11(12)13/h3-8H,2,9-10H2,1H3,(H2,18,21). The maximum atomic E-state index is 13.8. The zero-order valence-corrected chi connectivity index (χ0v) is 12.6. The predicted molar refractivity (Wildman–Crippen MR) is 86.9 cm³/mol. The highest BCUT2D eigenvalue weighted by atomic mass is 32.1. The summed E-state index contributed by atoms with van der Waals surface area (Å²) in [7, 11) is 0. The van der Waals surface area contributed by atoms with Gasteiger partial charge in [-0.15, -0.1) is 0 Å². The Morgan fingerprint density at radius 1 is 1.24 bits per heavy atom. The second-order valence-corrected chi connectivity index (χ2v) is 5.36.